The Kier molecular flexibility index (Phi) is 6.61. The molecule has 2 heterocycles. The van der Waals surface area contributed by atoms with Gasteiger partial charge in [0.25, 0.3) is 5.91 Å². The van der Waals surface area contributed by atoms with Gasteiger partial charge in [-0.05, 0) is 87.0 Å². The van der Waals surface area contributed by atoms with Gasteiger partial charge in [-0.15, -0.1) is 10.2 Å². The number of anilines is 2. The summed E-state index contributed by atoms with van der Waals surface area (Å²) in [4.78, 5) is 16.8. The van der Waals surface area contributed by atoms with Gasteiger partial charge in [-0.3, -0.25) is 4.79 Å². The molecule has 0 spiro atoms. The van der Waals surface area contributed by atoms with Crippen molar-refractivity contribution >= 4 is 44.2 Å². The van der Waals surface area contributed by atoms with Crippen molar-refractivity contribution in [3.8, 4) is 17.0 Å². The van der Waals surface area contributed by atoms with Crippen molar-refractivity contribution in [1.82, 2.24) is 15.0 Å². The number of hydrogen-bond donors (Lipinski definition) is 1. The number of furan rings is 1. The fourth-order valence-electron chi connectivity index (χ4n) is 4.12. The fraction of sp³-hybridized carbons (Fsp3) is 0.179. The summed E-state index contributed by atoms with van der Waals surface area (Å²) >= 11 is 3.43. The first-order valence-electron chi connectivity index (χ1n) is 11.9. The number of amides is 1. The number of aryl methyl sites for hydroxylation is 1. The predicted molar refractivity (Wildman–Crippen MR) is 147 cm³/mol. The van der Waals surface area contributed by atoms with Gasteiger partial charge in [0.15, 0.2) is 5.76 Å². The van der Waals surface area contributed by atoms with E-state index in [9.17, 15) is 4.79 Å². The Labute approximate surface area is 217 Å². The Morgan fingerprint density at radius 3 is 2.28 bits per heavy atom. The predicted octanol–water partition coefficient (Wildman–Crippen LogP) is 6.85. The zero-order chi connectivity index (χ0) is 25.2. The van der Waals surface area contributed by atoms with Gasteiger partial charge in [-0.25, -0.2) is 0 Å². The second-order valence-electron chi connectivity index (χ2n) is 8.46. The molecule has 0 saturated heterocycles. The lowest BCUT2D eigenvalue weighted by molar-refractivity contribution is 0.0997. The quantitative estimate of drug-likeness (QED) is 0.243. The second-order valence-corrected chi connectivity index (χ2v) is 9.37. The number of rotatable bonds is 7. The molecule has 0 fully saturated rings. The Hall–Kier alpha value is -3.91. The first-order chi connectivity index (χ1) is 17.4. The molecule has 0 aliphatic carbocycles. The van der Waals surface area contributed by atoms with E-state index in [4.69, 9.17) is 4.42 Å². The minimum Gasteiger partial charge on any atom is -0.451 e. The normalized spacial score (nSPS) is 11.1. The summed E-state index contributed by atoms with van der Waals surface area (Å²) in [5, 5.41) is 12.2. The van der Waals surface area contributed by atoms with Crippen molar-refractivity contribution in [2.45, 2.75) is 20.8 Å². The molecule has 3 aromatic carbocycles. The maximum atomic E-state index is 12.9. The summed E-state index contributed by atoms with van der Waals surface area (Å²) in [6.07, 6.45) is 0. The molecule has 5 aromatic rings. The van der Waals surface area contributed by atoms with E-state index in [1.54, 1.807) is 16.9 Å². The maximum Gasteiger partial charge on any atom is 0.291 e. The summed E-state index contributed by atoms with van der Waals surface area (Å²) in [5.74, 6) is 0.555. The van der Waals surface area contributed by atoms with Crippen LogP contribution < -0.4 is 10.2 Å². The molecule has 36 heavy (non-hydrogen) atoms. The van der Waals surface area contributed by atoms with Crippen LogP contribution in [-0.4, -0.2) is 34.0 Å². The molecule has 1 N–H and O–H groups in total. The van der Waals surface area contributed by atoms with Gasteiger partial charge >= 0.3 is 0 Å². The van der Waals surface area contributed by atoms with Gasteiger partial charge < -0.3 is 14.6 Å². The van der Waals surface area contributed by atoms with E-state index in [-0.39, 0.29) is 11.7 Å². The third-order valence-electron chi connectivity index (χ3n) is 6.14. The molecule has 182 valence electrons. The number of nitrogens with zero attached hydrogens (tertiary/aromatic N) is 4. The zero-order valence-corrected chi connectivity index (χ0v) is 21.9. The Morgan fingerprint density at radius 1 is 0.944 bits per heavy atom. The minimum absolute atomic E-state index is 0.240. The van der Waals surface area contributed by atoms with Crippen LogP contribution in [-0.2, 0) is 0 Å². The van der Waals surface area contributed by atoms with Crippen LogP contribution >= 0.6 is 15.9 Å². The van der Waals surface area contributed by atoms with E-state index in [1.165, 1.54) is 5.69 Å². The molecule has 0 unspecified atom stereocenters. The number of halogens is 1. The molecule has 0 aliphatic rings. The minimum atomic E-state index is -0.319. The fourth-order valence-corrected chi connectivity index (χ4v) is 4.38. The summed E-state index contributed by atoms with van der Waals surface area (Å²) in [6, 6.07) is 23.2. The Bertz CT molecular complexity index is 1520. The lowest BCUT2D eigenvalue weighted by Crippen LogP contribution is -2.21. The summed E-state index contributed by atoms with van der Waals surface area (Å²) in [5.41, 5.74) is 5.95. The highest BCUT2D eigenvalue weighted by Gasteiger charge is 2.15. The molecule has 2 aromatic heterocycles. The maximum absolute atomic E-state index is 12.9. The van der Waals surface area contributed by atoms with Gasteiger partial charge in [0.1, 0.15) is 16.8 Å². The van der Waals surface area contributed by atoms with Gasteiger partial charge in [-0.2, -0.15) is 4.80 Å². The SMILES string of the molecule is CCN(CC)c1ccc(-n2nc3cc(C)c(NC(=O)c4ccc(-c5ccc(Br)cc5)o4)cc3n2)cc1. The van der Waals surface area contributed by atoms with Crippen LogP contribution in [0, 0.1) is 6.92 Å². The topological polar surface area (TPSA) is 76.2 Å². The number of nitrogens with one attached hydrogen (secondary N) is 1. The highest BCUT2D eigenvalue weighted by Crippen LogP contribution is 2.26. The van der Waals surface area contributed by atoms with Crippen LogP contribution in [0.25, 0.3) is 28.0 Å². The Morgan fingerprint density at radius 2 is 1.61 bits per heavy atom. The van der Waals surface area contributed by atoms with Crippen molar-refractivity contribution in [1.29, 1.82) is 0 Å². The van der Waals surface area contributed by atoms with Crippen molar-refractivity contribution in [2.24, 2.45) is 0 Å². The molecular formula is C28H26BrN5O2. The van der Waals surface area contributed by atoms with Crippen molar-refractivity contribution in [2.75, 3.05) is 23.3 Å². The number of carbonyl (C=O) groups is 1. The van der Waals surface area contributed by atoms with Crippen molar-refractivity contribution in [3.05, 3.63) is 88.6 Å². The number of benzene rings is 3. The molecule has 5 rings (SSSR count). The molecule has 0 aliphatic heterocycles. The highest BCUT2D eigenvalue weighted by molar-refractivity contribution is 9.10. The first-order valence-corrected chi connectivity index (χ1v) is 12.6. The van der Waals surface area contributed by atoms with Crippen LogP contribution in [0.2, 0.25) is 0 Å². The standard InChI is InChI=1S/C28H26BrN5O2/c1-4-33(5-2)21-10-12-22(13-11-21)34-31-24-16-18(3)23(17-25(24)32-34)30-28(35)27-15-14-26(36-27)19-6-8-20(29)9-7-19/h6-17H,4-5H2,1-3H3,(H,30,35). The third-order valence-corrected chi connectivity index (χ3v) is 6.67. The summed E-state index contributed by atoms with van der Waals surface area (Å²) in [6.45, 7) is 8.13. The smallest absolute Gasteiger partial charge is 0.291 e. The summed E-state index contributed by atoms with van der Waals surface area (Å²) in [7, 11) is 0. The average Bonchev–Trinajstić information content (AvgIpc) is 3.54. The van der Waals surface area contributed by atoms with Gasteiger partial charge in [0.05, 0.1) is 5.69 Å². The molecule has 7 nitrogen and oxygen atoms in total. The molecule has 1 amide bonds. The van der Waals surface area contributed by atoms with Gasteiger partial charge in [0, 0.05) is 34.5 Å². The van der Waals surface area contributed by atoms with E-state index < -0.39 is 0 Å². The van der Waals surface area contributed by atoms with E-state index in [1.807, 2.05) is 55.5 Å². The highest BCUT2D eigenvalue weighted by atomic mass is 79.9. The van der Waals surface area contributed by atoms with Gasteiger partial charge in [0.2, 0.25) is 0 Å². The lowest BCUT2D eigenvalue weighted by atomic mass is 10.1. The zero-order valence-electron chi connectivity index (χ0n) is 20.3. The number of fused-ring (bicyclic) bond motifs is 1. The molecule has 0 saturated carbocycles. The average molecular weight is 544 g/mol. The van der Waals surface area contributed by atoms with Crippen LogP contribution in [0.3, 0.4) is 0 Å². The van der Waals surface area contributed by atoms with E-state index >= 15 is 0 Å². The molecule has 0 bridgehead atoms. The lowest BCUT2D eigenvalue weighted by Gasteiger charge is -2.20. The monoisotopic (exact) mass is 543 g/mol. The van der Waals surface area contributed by atoms with E-state index in [0.717, 1.165) is 39.9 Å². The van der Waals surface area contributed by atoms with Crippen molar-refractivity contribution in [3.63, 3.8) is 0 Å². The van der Waals surface area contributed by atoms with Crippen LogP contribution in [0.4, 0.5) is 11.4 Å². The van der Waals surface area contributed by atoms with E-state index in [0.29, 0.717) is 17.0 Å². The Balaban J connectivity index is 1.36. The van der Waals surface area contributed by atoms with Crippen molar-refractivity contribution < 1.29 is 9.21 Å². The third kappa shape index (κ3) is 4.77. The van der Waals surface area contributed by atoms with Gasteiger partial charge in [-0.1, -0.05) is 28.1 Å². The first kappa shape index (κ1) is 23.8. The number of carbonyl (C=O) groups excluding carboxylic acids is 1. The molecule has 8 heteroatoms. The number of aromatic nitrogens is 3. The molecular weight excluding hydrogens is 518 g/mol. The number of hydrogen-bond acceptors (Lipinski definition) is 5. The van der Waals surface area contributed by atoms with Crippen LogP contribution in [0.1, 0.15) is 30.0 Å². The second kappa shape index (κ2) is 9.99. The molecule has 0 radical (unpaired) electrons. The molecule has 0 atom stereocenters. The van der Waals surface area contributed by atoms with E-state index in [2.05, 4.69) is 62.3 Å². The van der Waals surface area contributed by atoms with Crippen LogP contribution in [0.15, 0.2) is 81.7 Å². The largest absolute Gasteiger partial charge is 0.451 e. The summed E-state index contributed by atoms with van der Waals surface area (Å²) < 4.78 is 6.79. The van der Waals surface area contributed by atoms with Crippen LogP contribution in [0.5, 0.6) is 0 Å².